The van der Waals surface area contributed by atoms with E-state index in [0.29, 0.717) is 12.1 Å². The summed E-state index contributed by atoms with van der Waals surface area (Å²) in [4.78, 5) is 1.31. The highest BCUT2D eigenvalue weighted by Gasteiger charge is 2.16. The third-order valence-corrected chi connectivity index (χ3v) is 4.37. The third kappa shape index (κ3) is 3.45. The number of hydrogen-bond donors (Lipinski definition) is 1. The first-order valence-corrected chi connectivity index (χ1v) is 7.04. The monoisotopic (exact) mass is 259 g/mol. The van der Waals surface area contributed by atoms with E-state index in [4.69, 9.17) is 16.3 Å². The van der Waals surface area contributed by atoms with Crippen molar-refractivity contribution < 1.29 is 4.74 Å². The first kappa shape index (κ1) is 12.4. The number of rotatable bonds is 3. The second-order valence-electron chi connectivity index (χ2n) is 4.27. The van der Waals surface area contributed by atoms with Gasteiger partial charge in [-0.25, -0.2) is 0 Å². The number of thiophene rings is 1. The highest BCUT2D eigenvalue weighted by Crippen LogP contribution is 2.27. The van der Waals surface area contributed by atoms with Crippen molar-refractivity contribution in [1.82, 2.24) is 5.32 Å². The maximum atomic E-state index is 5.94. The summed E-state index contributed by atoms with van der Waals surface area (Å²) in [5.41, 5.74) is 0. The Labute approximate surface area is 106 Å². The van der Waals surface area contributed by atoms with Crippen LogP contribution in [0, 0.1) is 0 Å². The van der Waals surface area contributed by atoms with Gasteiger partial charge in [-0.2, -0.15) is 0 Å². The Balaban J connectivity index is 1.88. The van der Waals surface area contributed by atoms with Gasteiger partial charge in [0.25, 0.3) is 0 Å². The number of halogens is 1. The van der Waals surface area contributed by atoms with Gasteiger partial charge in [-0.15, -0.1) is 11.3 Å². The number of ether oxygens (including phenoxy) is 1. The van der Waals surface area contributed by atoms with E-state index in [1.807, 2.05) is 6.07 Å². The molecule has 2 atom stereocenters. The van der Waals surface area contributed by atoms with Crippen molar-refractivity contribution in [3.8, 4) is 0 Å². The van der Waals surface area contributed by atoms with Crippen molar-refractivity contribution in [3.63, 3.8) is 0 Å². The quantitative estimate of drug-likeness (QED) is 0.895. The first-order chi connectivity index (χ1) is 7.75. The fraction of sp³-hybridized carbons (Fsp3) is 0.667. The summed E-state index contributed by atoms with van der Waals surface area (Å²) in [6.07, 6.45) is 3.49. The second kappa shape index (κ2) is 6.01. The molecular formula is C12H18ClNOS. The van der Waals surface area contributed by atoms with Crippen molar-refractivity contribution >= 4 is 22.9 Å². The molecule has 1 saturated heterocycles. The molecule has 1 aromatic heterocycles. The summed E-state index contributed by atoms with van der Waals surface area (Å²) in [6.45, 7) is 4.00. The van der Waals surface area contributed by atoms with Gasteiger partial charge in [-0.3, -0.25) is 0 Å². The van der Waals surface area contributed by atoms with E-state index in [2.05, 4.69) is 18.3 Å². The van der Waals surface area contributed by atoms with Crippen LogP contribution in [0.3, 0.4) is 0 Å². The lowest BCUT2D eigenvalue weighted by Crippen LogP contribution is -2.31. The van der Waals surface area contributed by atoms with E-state index in [0.717, 1.165) is 30.4 Å². The SMILES string of the molecule is CC(NC1CCCOCC1)c1ccc(Cl)s1. The molecule has 2 rings (SSSR count). The molecule has 1 N–H and O–H groups in total. The Morgan fingerprint density at radius 3 is 3.06 bits per heavy atom. The molecule has 0 saturated carbocycles. The molecule has 0 spiro atoms. The molecule has 0 aliphatic carbocycles. The first-order valence-electron chi connectivity index (χ1n) is 5.85. The Morgan fingerprint density at radius 2 is 2.31 bits per heavy atom. The van der Waals surface area contributed by atoms with Crippen LogP contribution in [0.1, 0.15) is 37.1 Å². The van der Waals surface area contributed by atoms with Gasteiger partial charge in [0.15, 0.2) is 0 Å². The lowest BCUT2D eigenvalue weighted by atomic mass is 10.1. The van der Waals surface area contributed by atoms with Gasteiger partial charge in [0, 0.05) is 30.2 Å². The van der Waals surface area contributed by atoms with Crippen LogP contribution in [0.15, 0.2) is 12.1 Å². The standard InChI is InChI=1S/C12H18ClNOS/c1-9(11-4-5-12(13)16-11)14-10-3-2-7-15-8-6-10/h4-5,9-10,14H,2-3,6-8H2,1H3. The largest absolute Gasteiger partial charge is 0.381 e. The van der Waals surface area contributed by atoms with E-state index in [1.54, 1.807) is 11.3 Å². The Kier molecular flexibility index (Phi) is 4.65. The zero-order valence-electron chi connectivity index (χ0n) is 9.54. The van der Waals surface area contributed by atoms with Gasteiger partial charge < -0.3 is 10.1 Å². The van der Waals surface area contributed by atoms with Crippen LogP contribution in [0.25, 0.3) is 0 Å². The molecule has 0 radical (unpaired) electrons. The summed E-state index contributed by atoms with van der Waals surface area (Å²) in [7, 11) is 0. The van der Waals surface area contributed by atoms with Crippen molar-refractivity contribution in [2.24, 2.45) is 0 Å². The van der Waals surface area contributed by atoms with Crippen LogP contribution < -0.4 is 5.32 Å². The predicted molar refractivity (Wildman–Crippen MR) is 69.3 cm³/mol. The van der Waals surface area contributed by atoms with Crippen LogP contribution in [0.4, 0.5) is 0 Å². The Morgan fingerprint density at radius 1 is 1.44 bits per heavy atom. The normalized spacial score (nSPS) is 24.0. The van der Waals surface area contributed by atoms with Crippen LogP contribution in [0.2, 0.25) is 4.34 Å². The zero-order valence-corrected chi connectivity index (χ0v) is 11.1. The molecule has 0 aromatic carbocycles. The van der Waals surface area contributed by atoms with Gasteiger partial charge in [0.05, 0.1) is 4.34 Å². The van der Waals surface area contributed by atoms with Crippen molar-refractivity contribution in [2.45, 2.75) is 38.3 Å². The molecule has 1 aromatic rings. The maximum absolute atomic E-state index is 5.94. The third-order valence-electron chi connectivity index (χ3n) is 2.96. The van der Waals surface area contributed by atoms with Gasteiger partial charge in [0.1, 0.15) is 0 Å². The molecule has 1 fully saturated rings. The van der Waals surface area contributed by atoms with Crippen molar-refractivity contribution in [1.29, 1.82) is 0 Å². The molecular weight excluding hydrogens is 242 g/mol. The Hall–Kier alpha value is -0.0900. The van der Waals surface area contributed by atoms with Crippen LogP contribution in [-0.4, -0.2) is 19.3 Å². The summed E-state index contributed by atoms with van der Waals surface area (Å²) >= 11 is 7.61. The van der Waals surface area contributed by atoms with E-state index in [-0.39, 0.29) is 0 Å². The van der Waals surface area contributed by atoms with E-state index < -0.39 is 0 Å². The highest BCUT2D eigenvalue weighted by atomic mass is 35.5. The second-order valence-corrected chi connectivity index (χ2v) is 6.02. The average molecular weight is 260 g/mol. The fourth-order valence-electron chi connectivity index (χ4n) is 2.07. The summed E-state index contributed by atoms with van der Waals surface area (Å²) < 4.78 is 6.33. The molecule has 2 nitrogen and oxygen atoms in total. The van der Waals surface area contributed by atoms with Crippen molar-refractivity contribution in [2.75, 3.05) is 13.2 Å². The Bertz CT molecular complexity index is 321. The topological polar surface area (TPSA) is 21.3 Å². The summed E-state index contributed by atoms with van der Waals surface area (Å²) in [6, 6.07) is 5.05. The highest BCUT2D eigenvalue weighted by molar-refractivity contribution is 7.16. The number of hydrogen-bond acceptors (Lipinski definition) is 3. The molecule has 1 aliphatic heterocycles. The lowest BCUT2D eigenvalue weighted by molar-refractivity contribution is 0.142. The molecule has 90 valence electrons. The van der Waals surface area contributed by atoms with Crippen LogP contribution >= 0.6 is 22.9 Å². The molecule has 0 amide bonds. The smallest absolute Gasteiger partial charge is 0.0931 e. The fourth-order valence-corrected chi connectivity index (χ4v) is 3.14. The van der Waals surface area contributed by atoms with Gasteiger partial charge >= 0.3 is 0 Å². The molecule has 0 bridgehead atoms. The lowest BCUT2D eigenvalue weighted by Gasteiger charge is -2.20. The minimum Gasteiger partial charge on any atom is -0.381 e. The van der Waals surface area contributed by atoms with E-state index in [1.165, 1.54) is 11.3 Å². The number of nitrogens with one attached hydrogen (secondary N) is 1. The van der Waals surface area contributed by atoms with E-state index >= 15 is 0 Å². The molecule has 2 heterocycles. The molecule has 4 heteroatoms. The minimum atomic E-state index is 0.389. The van der Waals surface area contributed by atoms with Crippen LogP contribution in [-0.2, 0) is 4.74 Å². The van der Waals surface area contributed by atoms with Crippen molar-refractivity contribution in [3.05, 3.63) is 21.3 Å². The van der Waals surface area contributed by atoms with Gasteiger partial charge in [-0.1, -0.05) is 11.6 Å². The predicted octanol–water partition coefficient (Wildman–Crippen LogP) is 3.62. The molecule has 2 unspecified atom stereocenters. The summed E-state index contributed by atoms with van der Waals surface area (Å²) in [5.74, 6) is 0. The summed E-state index contributed by atoms with van der Waals surface area (Å²) in [5, 5.41) is 3.66. The molecule has 1 aliphatic rings. The van der Waals surface area contributed by atoms with Gasteiger partial charge in [0.2, 0.25) is 0 Å². The van der Waals surface area contributed by atoms with Gasteiger partial charge in [-0.05, 0) is 38.3 Å². The zero-order chi connectivity index (χ0) is 11.4. The minimum absolute atomic E-state index is 0.389. The maximum Gasteiger partial charge on any atom is 0.0931 e. The van der Waals surface area contributed by atoms with Crippen LogP contribution in [0.5, 0.6) is 0 Å². The molecule has 16 heavy (non-hydrogen) atoms. The average Bonchev–Trinajstić information content (AvgIpc) is 2.54. The van der Waals surface area contributed by atoms with E-state index in [9.17, 15) is 0 Å².